The molecule has 0 aromatic heterocycles. The molecule has 4 nitrogen and oxygen atoms in total. The van der Waals surface area contributed by atoms with E-state index in [2.05, 4.69) is 10.3 Å². The molecule has 0 bridgehead atoms. The fourth-order valence-electron chi connectivity index (χ4n) is 1.43. The maximum atomic E-state index is 12.5. The first-order chi connectivity index (χ1) is 9.29. The molecule has 112 valence electrons. The fraction of sp³-hybridized carbons (Fsp3) is 0.462. The first-order valence-electron chi connectivity index (χ1n) is 6.15. The van der Waals surface area contributed by atoms with Gasteiger partial charge >= 0.3 is 6.18 Å². The van der Waals surface area contributed by atoms with Gasteiger partial charge in [-0.1, -0.05) is 6.07 Å². The van der Waals surface area contributed by atoms with Crippen molar-refractivity contribution in [2.45, 2.75) is 26.1 Å². The van der Waals surface area contributed by atoms with Crippen molar-refractivity contribution in [2.24, 2.45) is 10.7 Å². The lowest BCUT2D eigenvalue weighted by Crippen LogP contribution is -2.37. The van der Waals surface area contributed by atoms with Crippen molar-refractivity contribution in [1.82, 2.24) is 5.32 Å². The van der Waals surface area contributed by atoms with Crippen LogP contribution in [0.1, 0.15) is 19.4 Å². The molecule has 3 N–H and O–H groups in total. The van der Waals surface area contributed by atoms with Crippen molar-refractivity contribution in [2.75, 3.05) is 13.2 Å². The normalized spacial score (nSPS) is 12.6. The minimum absolute atomic E-state index is 0.155. The van der Waals surface area contributed by atoms with Crippen molar-refractivity contribution >= 4 is 5.96 Å². The number of nitrogens with two attached hydrogens (primary N) is 1. The summed E-state index contributed by atoms with van der Waals surface area (Å²) in [5.41, 5.74) is 4.83. The van der Waals surface area contributed by atoms with E-state index >= 15 is 0 Å². The predicted molar refractivity (Wildman–Crippen MR) is 71.7 cm³/mol. The molecule has 1 rings (SSSR count). The summed E-state index contributed by atoms with van der Waals surface area (Å²) < 4.78 is 42.7. The molecule has 0 unspecified atom stereocenters. The average Bonchev–Trinajstić information content (AvgIpc) is 2.33. The van der Waals surface area contributed by atoms with E-state index in [0.29, 0.717) is 0 Å². The molecule has 20 heavy (non-hydrogen) atoms. The van der Waals surface area contributed by atoms with Crippen molar-refractivity contribution in [3.63, 3.8) is 0 Å². The van der Waals surface area contributed by atoms with Crippen LogP contribution in [-0.2, 0) is 6.18 Å². The summed E-state index contributed by atoms with van der Waals surface area (Å²) in [6.07, 6.45) is -4.37. The second kappa shape index (κ2) is 7.02. The molecule has 1 aromatic carbocycles. The third-order valence-electron chi connectivity index (χ3n) is 2.24. The van der Waals surface area contributed by atoms with E-state index in [-0.39, 0.29) is 30.9 Å². The number of halogens is 3. The van der Waals surface area contributed by atoms with Crippen LogP contribution in [0.15, 0.2) is 29.3 Å². The highest BCUT2D eigenvalue weighted by Crippen LogP contribution is 2.31. The van der Waals surface area contributed by atoms with Gasteiger partial charge < -0.3 is 15.8 Å². The van der Waals surface area contributed by atoms with Crippen LogP contribution >= 0.6 is 0 Å². The second-order valence-corrected chi connectivity index (χ2v) is 4.44. The minimum atomic E-state index is -4.37. The molecule has 0 atom stereocenters. The zero-order valence-electron chi connectivity index (χ0n) is 11.4. The van der Waals surface area contributed by atoms with Crippen LogP contribution in [-0.4, -0.2) is 25.2 Å². The van der Waals surface area contributed by atoms with Gasteiger partial charge in [0.05, 0.1) is 12.1 Å². The van der Waals surface area contributed by atoms with Gasteiger partial charge in [-0.2, -0.15) is 13.2 Å². The van der Waals surface area contributed by atoms with Gasteiger partial charge in [0.2, 0.25) is 0 Å². The summed E-state index contributed by atoms with van der Waals surface area (Å²) in [6.45, 7) is 4.26. The smallest absolute Gasteiger partial charge is 0.416 e. The number of hydrogen-bond donors (Lipinski definition) is 2. The number of rotatable bonds is 5. The van der Waals surface area contributed by atoms with Crippen molar-refractivity contribution in [3.8, 4) is 5.75 Å². The van der Waals surface area contributed by atoms with Crippen LogP contribution < -0.4 is 15.8 Å². The van der Waals surface area contributed by atoms with E-state index in [9.17, 15) is 13.2 Å². The summed E-state index contributed by atoms with van der Waals surface area (Å²) in [5.74, 6) is 0.443. The van der Waals surface area contributed by atoms with Crippen LogP contribution in [0, 0.1) is 0 Å². The molecule has 0 saturated heterocycles. The van der Waals surface area contributed by atoms with Crippen LogP contribution in [0.3, 0.4) is 0 Å². The van der Waals surface area contributed by atoms with Gasteiger partial charge in [0.1, 0.15) is 12.4 Å². The lowest BCUT2D eigenvalue weighted by molar-refractivity contribution is -0.137. The Morgan fingerprint density at radius 2 is 2.10 bits per heavy atom. The molecule has 0 heterocycles. The summed E-state index contributed by atoms with van der Waals surface area (Å²) in [4.78, 5) is 3.99. The van der Waals surface area contributed by atoms with Crippen molar-refractivity contribution < 1.29 is 17.9 Å². The van der Waals surface area contributed by atoms with Gasteiger partial charge in [-0.05, 0) is 32.0 Å². The maximum absolute atomic E-state index is 12.5. The number of guanidine groups is 1. The van der Waals surface area contributed by atoms with Crippen LogP contribution in [0.2, 0.25) is 0 Å². The second-order valence-electron chi connectivity index (χ2n) is 4.44. The van der Waals surface area contributed by atoms with E-state index in [4.69, 9.17) is 10.5 Å². The molecular formula is C13H18F3N3O. The average molecular weight is 289 g/mol. The number of hydrogen-bond acceptors (Lipinski definition) is 2. The maximum Gasteiger partial charge on any atom is 0.416 e. The van der Waals surface area contributed by atoms with E-state index in [0.717, 1.165) is 12.1 Å². The SMILES string of the molecule is CC(C)NC(N)=NCCOc1cccc(C(F)(F)F)c1. The number of nitrogens with one attached hydrogen (secondary N) is 1. The molecule has 0 spiro atoms. The van der Waals surface area contributed by atoms with Crippen LogP contribution in [0.5, 0.6) is 5.75 Å². The van der Waals surface area contributed by atoms with Gasteiger partial charge in [-0.3, -0.25) is 0 Å². The Balaban J connectivity index is 2.47. The molecule has 0 aliphatic heterocycles. The standard InChI is InChI=1S/C13H18F3N3O/c1-9(2)19-12(17)18-6-7-20-11-5-3-4-10(8-11)13(14,15)16/h3-5,8-9H,6-7H2,1-2H3,(H3,17,18,19). The lowest BCUT2D eigenvalue weighted by atomic mass is 10.2. The van der Waals surface area contributed by atoms with E-state index in [1.807, 2.05) is 13.8 Å². The monoisotopic (exact) mass is 289 g/mol. The molecule has 0 aliphatic rings. The summed E-state index contributed by atoms with van der Waals surface area (Å²) in [7, 11) is 0. The highest BCUT2D eigenvalue weighted by molar-refractivity contribution is 5.78. The topological polar surface area (TPSA) is 59.6 Å². The van der Waals surface area contributed by atoms with Gasteiger partial charge in [0.15, 0.2) is 5.96 Å². The highest BCUT2D eigenvalue weighted by atomic mass is 19.4. The third-order valence-corrected chi connectivity index (χ3v) is 2.24. The zero-order valence-corrected chi connectivity index (χ0v) is 11.4. The molecule has 0 amide bonds. The van der Waals surface area contributed by atoms with Crippen molar-refractivity contribution in [3.05, 3.63) is 29.8 Å². The van der Waals surface area contributed by atoms with E-state index < -0.39 is 11.7 Å². The van der Waals surface area contributed by atoms with Gasteiger partial charge in [0, 0.05) is 6.04 Å². The molecule has 0 fully saturated rings. The first-order valence-corrected chi connectivity index (χ1v) is 6.15. The van der Waals surface area contributed by atoms with Crippen LogP contribution in [0.4, 0.5) is 13.2 Å². The summed E-state index contributed by atoms with van der Waals surface area (Å²) in [5, 5.41) is 2.89. The molecule has 7 heteroatoms. The summed E-state index contributed by atoms with van der Waals surface area (Å²) in [6, 6.07) is 4.89. The Labute approximate surface area is 115 Å². The van der Waals surface area contributed by atoms with Gasteiger partial charge in [-0.25, -0.2) is 4.99 Å². The lowest BCUT2D eigenvalue weighted by Gasteiger charge is -2.10. The van der Waals surface area contributed by atoms with E-state index in [1.54, 1.807) is 0 Å². The minimum Gasteiger partial charge on any atom is -0.492 e. The number of ether oxygens (including phenoxy) is 1. The zero-order chi connectivity index (χ0) is 15.2. The quantitative estimate of drug-likeness (QED) is 0.497. The number of alkyl halides is 3. The first kappa shape index (κ1) is 16.1. The predicted octanol–water partition coefficient (Wildman–Crippen LogP) is 2.40. The molecule has 1 aromatic rings. The summed E-state index contributed by atoms with van der Waals surface area (Å²) >= 11 is 0. The Bertz CT molecular complexity index is 458. The molecular weight excluding hydrogens is 271 g/mol. The van der Waals surface area contributed by atoms with Crippen LogP contribution in [0.25, 0.3) is 0 Å². The Morgan fingerprint density at radius 1 is 1.40 bits per heavy atom. The number of benzene rings is 1. The Morgan fingerprint density at radius 3 is 2.70 bits per heavy atom. The molecule has 0 saturated carbocycles. The van der Waals surface area contributed by atoms with Gasteiger partial charge in [0.25, 0.3) is 0 Å². The third kappa shape index (κ3) is 5.81. The van der Waals surface area contributed by atoms with E-state index in [1.165, 1.54) is 12.1 Å². The highest BCUT2D eigenvalue weighted by Gasteiger charge is 2.30. The number of nitrogens with zero attached hydrogens (tertiary/aromatic N) is 1. The molecule has 0 aliphatic carbocycles. The molecule has 0 radical (unpaired) electrons. The largest absolute Gasteiger partial charge is 0.492 e. The Kier molecular flexibility index (Phi) is 5.66. The van der Waals surface area contributed by atoms with Gasteiger partial charge in [-0.15, -0.1) is 0 Å². The fourth-order valence-corrected chi connectivity index (χ4v) is 1.43. The van der Waals surface area contributed by atoms with Crippen molar-refractivity contribution in [1.29, 1.82) is 0 Å². The number of aliphatic imine (C=N–C) groups is 1. The Hall–Kier alpha value is -1.92.